The first kappa shape index (κ1) is 14.8. The van der Waals surface area contributed by atoms with Crippen molar-refractivity contribution in [3.05, 3.63) is 35.1 Å². The highest BCUT2D eigenvalue weighted by atomic mass is 19.2. The zero-order valence-electron chi connectivity index (χ0n) is 10.9. The van der Waals surface area contributed by atoms with Crippen molar-refractivity contribution in [3.63, 3.8) is 0 Å². The van der Waals surface area contributed by atoms with Gasteiger partial charge in [0.25, 0.3) is 0 Å². The molecule has 1 unspecified atom stereocenters. The lowest BCUT2D eigenvalue weighted by Gasteiger charge is -2.26. The molecule has 1 aliphatic rings. The van der Waals surface area contributed by atoms with Gasteiger partial charge >= 0.3 is 5.97 Å². The number of carboxylic acids is 1. The minimum atomic E-state index is -1.24. The molecular formula is C14H16F3NO2. The first-order valence-corrected chi connectivity index (χ1v) is 6.59. The Labute approximate surface area is 115 Å². The number of rotatable bonds is 3. The smallest absolute Gasteiger partial charge is 0.320 e. The molecule has 1 N–H and O–H groups in total. The Morgan fingerprint density at radius 2 is 1.85 bits per heavy atom. The fourth-order valence-electron chi connectivity index (χ4n) is 2.54. The highest BCUT2D eigenvalue weighted by Gasteiger charge is 2.28. The van der Waals surface area contributed by atoms with Crippen molar-refractivity contribution in [2.24, 2.45) is 0 Å². The average Bonchev–Trinajstić information content (AvgIpc) is 2.61. The molecule has 0 spiro atoms. The van der Waals surface area contributed by atoms with Gasteiger partial charge in [0.05, 0.1) is 0 Å². The van der Waals surface area contributed by atoms with Crippen molar-refractivity contribution in [3.8, 4) is 0 Å². The van der Waals surface area contributed by atoms with E-state index in [2.05, 4.69) is 0 Å². The van der Waals surface area contributed by atoms with E-state index in [1.807, 2.05) is 0 Å². The Morgan fingerprint density at radius 1 is 1.15 bits per heavy atom. The maximum atomic E-state index is 13.6. The maximum Gasteiger partial charge on any atom is 0.320 e. The van der Waals surface area contributed by atoms with Crippen LogP contribution in [0.15, 0.2) is 12.1 Å². The van der Waals surface area contributed by atoms with Crippen LogP contribution in [0.3, 0.4) is 0 Å². The molecule has 1 aromatic rings. The fraction of sp³-hybridized carbons (Fsp3) is 0.500. The maximum absolute atomic E-state index is 13.6. The van der Waals surface area contributed by atoms with Crippen molar-refractivity contribution in [1.29, 1.82) is 0 Å². The van der Waals surface area contributed by atoms with Gasteiger partial charge in [-0.05, 0) is 25.5 Å². The zero-order valence-corrected chi connectivity index (χ0v) is 10.9. The van der Waals surface area contributed by atoms with Crippen molar-refractivity contribution in [2.45, 2.75) is 38.3 Å². The van der Waals surface area contributed by atoms with Gasteiger partial charge in [-0.3, -0.25) is 9.69 Å². The molecule has 1 heterocycles. The molecule has 1 fully saturated rings. The van der Waals surface area contributed by atoms with Gasteiger partial charge in [0.1, 0.15) is 11.9 Å². The number of benzene rings is 1. The summed E-state index contributed by atoms with van der Waals surface area (Å²) in [5.74, 6) is -4.17. The third kappa shape index (κ3) is 3.30. The molecule has 0 bridgehead atoms. The third-order valence-electron chi connectivity index (χ3n) is 3.61. The SMILES string of the molecule is O=C(O)C1CCCCCN1Cc1cc(F)c(F)cc1F. The number of aliphatic carboxylic acids is 1. The Kier molecular flexibility index (Phi) is 4.65. The van der Waals surface area contributed by atoms with Crippen LogP contribution in [-0.2, 0) is 11.3 Å². The van der Waals surface area contributed by atoms with Crippen molar-refractivity contribution < 1.29 is 23.1 Å². The van der Waals surface area contributed by atoms with E-state index < -0.39 is 29.5 Å². The summed E-state index contributed by atoms with van der Waals surface area (Å²) in [6.45, 7) is 0.482. The van der Waals surface area contributed by atoms with E-state index in [0.717, 1.165) is 25.3 Å². The lowest BCUT2D eigenvalue weighted by Crippen LogP contribution is -2.40. The number of carbonyl (C=O) groups is 1. The highest BCUT2D eigenvalue weighted by molar-refractivity contribution is 5.73. The number of halogens is 3. The second kappa shape index (κ2) is 6.26. The van der Waals surface area contributed by atoms with Gasteiger partial charge in [-0.1, -0.05) is 12.8 Å². The Morgan fingerprint density at radius 3 is 2.55 bits per heavy atom. The van der Waals surface area contributed by atoms with E-state index in [-0.39, 0.29) is 12.1 Å². The molecule has 6 heteroatoms. The quantitative estimate of drug-likeness (QED) is 0.869. The lowest BCUT2D eigenvalue weighted by molar-refractivity contribution is -0.143. The molecule has 110 valence electrons. The van der Waals surface area contributed by atoms with Crippen molar-refractivity contribution in [2.75, 3.05) is 6.54 Å². The van der Waals surface area contributed by atoms with Crippen molar-refractivity contribution in [1.82, 2.24) is 4.90 Å². The molecule has 0 amide bonds. The molecule has 0 radical (unpaired) electrons. The highest BCUT2D eigenvalue weighted by Crippen LogP contribution is 2.22. The summed E-state index contributed by atoms with van der Waals surface area (Å²) >= 11 is 0. The average molecular weight is 287 g/mol. The second-order valence-corrected chi connectivity index (χ2v) is 5.03. The minimum absolute atomic E-state index is 0.0166. The summed E-state index contributed by atoms with van der Waals surface area (Å²) in [7, 11) is 0. The van der Waals surface area contributed by atoms with E-state index >= 15 is 0 Å². The van der Waals surface area contributed by atoms with Gasteiger partial charge in [-0.2, -0.15) is 0 Å². The second-order valence-electron chi connectivity index (χ2n) is 5.03. The summed E-state index contributed by atoms with van der Waals surface area (Å²) in [6, 6.07) is 0.595. The van der Waals surface area contributed by atoms with E-state index in [1.165, 1.54) is 0 Å². The van der Waals surface area contributed by atoms with Crippen LogP contribution in [-0.4, -0.2) is 28.6 Å². The molecule has 1 atom stereocenters. The third-order valence-corrected chi connectivity index (χ3v) is 3.61. The van der Waals surface area contributed by atoms with Gasteiger partial charge in [0.15, 0.2) is 11.6 Å². The zero-order chi connectivity index (χ0) is 14.7. The van der Waals surface area contributed by atoms with E-state index in [4.69, 9.17) is 0 Å². The summed E-state index contributed by atoms with van der Waals surface area (Å²) < 4.78 is 39.7. The Hall–Kier alpha value is -1.56. The molecule has 1 saturated heterocycles. The number of carboxylic acid groups (broad SMARTS) is 1. The molecular weight excluding hydrogens is 271 g/mol. The van der Waals surface area contributed by atoms with Crippen LogP contribution in [0.5, 0.6) is 0 Å². The van der Waals surface area contributed by atoms with Crippen LogP contribution in [0.2, 0.25) is 0 Å². The van der Waals surface area contributed by atoms with Crippen molar-refractivity contribution >= 4 is 5.97 Å². The monoisotopic (exact) mass is 287 g/mol. The first-order valence-electron chi connectivity index (χ1n) is 6.59. The standard InChI is InChI=1S/C14H16F3NO2/c15-10-7-12(17)11(16)6-9(10)8-18-5-3-1-2-4-13(18)14(19)20/h6-7,13H,1-5,8H2,(H,19,20). The van der Waals surface area contributed by atoms with Gasteiger partial charge in [0, 0.05) is 18.2 Å². The van der Waals surface area contributed by atoms with Gasteiger partial charge in [-0.15, -0.1) is 0 Å². The van der Waals surface area contributed by atoms with Crippen LogP contribution in [0.1, 0.15) is 31.2 Å². The summed E-state index contributed by atoms with van der Waals surface area (Å²) in [5.41, 5.74) is -0.0166. The lowest BCUT2D eigenvalue weighted by atomic mass is 10.1. The minimum Gasteiger partial charge on any atom is -0.480 e. The molecule has 1 aliphatic heterocycles. The molecule has 2 rings (SSSR count). The Balaban J connectivity index is 2.21. The normalized spacial score (nSPS) is 20.6. The van der Waals surface area contributed by atoms with Crippen LogP contribution in [0.25, 0.3) is 0 Å². The van der Waals surface area contributed by atoms with Gasteiger partial charge in [-0.25, -0.2) is 13.2 Å². The molecule has 20 heavy (non-hydrogen) atoms. The van der Waals surface area contributed by atoms with E-state index in [0.29, 0.717) is 19.0 Å². The fourth-order valence-corrected chi connectivity index (χ4v) is 2.54. The molecule has 0 aromatic heterocycles. The largest absolute Gasteiger partial charge is 0.480 e. The van der Waals surface area contributed by atoms with Crippen LogP contribution in [0, 0.1) is 17.5 Å². The number of likely N-dealkylation sites (tertiary alicyclic amines) is 1. The van der Waals surface area contributed by atoms with Crippen LogP contribution < -0.4 is 0 Å². The summed E-state index contributed by atoms with van der Waals surface area (Å²) in [6.07, 6.45) is 3.02. The number of nitrogens with zero attached hydrogens (tertiary/aromatic N) is 1. The first-order chi connectivity index (χ1) is 9.49. The molecule has 3 nitrogen and oxygen atoms in total. The predicted octanol–water partition coefficient (Wildman–Crippen LogP) is 2.93. The number of hydrogen-bond donors (Lipinski definition) is 1. The predicted molar refractivity (Wildman–Crippen MR) is 66.6 cm³/mol. The van der Waals surface area contributed by atoms with Crippen LogP contribution in [0.4, 0.5) is 13.2 Å². The van der Waals surface area contributed by atoms with E-state index in [1.54, 1.807) is 4.90 Å². The molecule has 0 saturated carbocycles. The van der Waals surface area contributed by atoms with Crippen LogP contribution >= 0.6 is 0 Å². The van der Waals surface area contributed by atoms with E-state index in [9.17, 15) is 23.1 Å². The molecule has 1 aromatic carbocycles. The number of hydrogen-bond acceptors (Lipinski definition) is 2. The summed E-state index contributed by atoms with van der Waals surface area (Å²) in [4.78, 5) is 12.9. The molecule has 0 aliphatic carbocycles. The van der Waals surface area contributed by atoms with Gasteiger partial charge < -0.3 is 5.11 Å². The summed E-state index contributed by atoms with van der Waals surface area (Å²) in [5, 5.41) is 9.21. The van der Waals surface area contributed by atoms with Gasteiger partial charge in [0.2, 0.25) is 0 Å². The topological polar surface area (TPSA) is 40.5 Å². The Bertz CT molecular complexity index is 507.